The van der Waals surface area contributed by atoms with Gasteiger partial charge in [-0.1, -0.05) is 11.6 Å². The molecule has 6 nitrogen and oxygen atoms in total. The lowest BCUT2D eigenvalue weighted by Gasteiger charge is -2.41. The number of hydrogen-bond donors (Lipinski definition) is 2. The van der Waals surface area contributed by atoms with E-state index in [1.807, 2.05) is 12.1 Å². The summed E-state index contributed by atoms with van der Waals surface area (Å²) in [4.78, 5) is 27.0. The van der Waals surface area contributed by atoms with Gasteiger partial charge in [0.1, 0.15) is 5.69 Å². The summed E-state index contributed by atoms with van der Waals surface area (Å²) in [5, 5.41) is 12.7. The number of nitrogens with zero attached hydrogens (tertiary/aromatic N) is 2. The van der Waals surface area contributed by atoms with E-state index in [0.29, 0.717) is 25.1 Å². The SMILES string of the molecule is CC1(O)CC(NC(=O)CN2CC3(CC3)n3c(cc4sc(Cl)cc43)C2=O)C1. The summed E-state index contributed by atoms with van der Waals surface area (Å²) in [7, 11) is 0. The lowest BCUT2D eigenvalue weighted by molar-refractivity contribution is -0.125. The van der Waals surface area contributed by atoms with Crippen LogP contribution in [0.4, 0.5) is 0 Å². The van der Waals surface area contributed by atoms with E-state index in [1.54, 1.807) is 11.8 Å². The van der Waals surface area contributed by atoms with Gasteiger partial charge in [-0.15, -0.1) is 11.3 Å². The molecule has 1 spiro atoms. The van der Waals surface area contributed by atoms with Crippen molar-refractivity contribution >= 4 is 45.0 Å². The first-order valence-electron chi connectivity index (χ1n) is 8.89. The van der Waals surface area contributed by atoms with Crippen molar-refractivity contribution in [3.8, 4) is 0 Å². The minimum Gasteiger partial charge on any atom is -0.390 e. The van der Waals surface area contributed by atoms with E-state index in [9.17, 15) is 14.7 Å². The van der Waals surface area contributed by atoms with Crippen molar-refractivity contribution in [2.75, 3.05) is 13.1 Å². The molecule has 138 valence electrons. The average molecular weight is 394 g/mol. The summed E-state index contributed by atoms with van der Waals surface area (Å²) in [6, 6.07) is 3.84. The van der Waals surface area contributed by atoms with Gasteiger partial charge in [-0.25, -0.2) is 0 Å². The van der Waals surface area contributed by atoms with E-state index in [4.69, 9.17) is 11.6 Å². The van der Waals surface area contributed by atoms with Gasteiger partial charge in [-0.3, -0.25) is 9.59 Å². The van der Waals surface area contributed by atoms with Crippen LogP contribution in [0.3, 0.4) is 0 Å². The lowest BCUT2D eigenvalue weighted by atomic mass is 9.77. The van der Waals surface area contributed by atoms with Gasteiger partial charge >= 0.3 is 0 Å². The highest BCUT2D eigenvalue weighted by Gasteiger charge is 2.52. The molecule has 0 radical (unpaired) electrons. The Morgan fingerprint density at radius 3 is 2.81 bits per heavy atom. The van der Waals surface area contributed by atoms with Crippen LogP contribution in [0, 0.1) is 0 Å². The summed E-state index contributed by atoms with van der Waals surface area (Å²) < 4.78 is 3.89. The van der Waals surface area contributed by atoms with E-state index >= 15 is 0 Å². The molecule has 2 N–H and O–H groups in total. The minimum atomic E-state index is -0.676. The molecule has 0 aromatic carbocycles. The largest absolute Gasteiger partial charge is 0.390 e. The number of halogens is 1. The Kier molecular flexibility index (Phi) is 3.34. The van der Waals surface area contributed by atoms with Crippen LogP contribution in [-0.2, 0) is 10.3 Å². The third-order valence-corrected chi connectivity index (χ3v) is 7.02. The molecule has 1 aliphatic heterocycles. The minimum absolute atomic E-state index is 0.00335. The van der Waals surface area contributed by atoms with E-state index in [-0.39, 0.29) is 29.9 Å². The zero-order valence-electron chi connectivity index (χ0n) is 14.4. The van der Waals surface area contributed by atoms with Crippen LogP contribution < -0.4 is 5.32 Å². The van der Waals surface area contributed by atoms with Crippen molar-refractivity contribution in [2.24, 2.45) is 0 Å². The predicted molar refractivity (Wildman–Crippen MR) is 99.7 cm³/mol. The summed E-state index contributed by atoms with van der Waals surface area (Å²) in [5.74, 6) is -0.252. The molecule has 2 amide bonds. The van der Waals surface area contributed by atoms with Crippen molar-refractivity contribution in [1.82, 2.24) is 14.8 Å². The van der Waals surface area contributed by atoms with Gasteiger partial charge in [0.2, 0.25) is 5.91 Å². The van der Waals surface area contributed by atoms with Crippen molar-refractivity contribution in [3.05, 3.63) is 22.2 Å². The number of aliphatic hydroxyl groups is 1. The van der Waals surface area contributed by atoms with Gasteiger partial charge in [0.05, 0.1) is 32.2 Å². The average Bonchev–Trinajstić information content (AvgIpc) is 3.04. The van der Waals surface area contributed by atoms with Crippen LogP contribution in [0.15, 0.2) is 12.1 Å². The quantitative estimate of drug-likeness (QED) is 0.840. The van der Waals surface area contributed by atoms with Crippen LogP contribution >= 0.6 is 22.9 Å². The smallest absolute Gasteiger partial charge is 0.271 e. The second-order valence-electron chi connectivity index (χ2n) is 8.22. The zero-order chi connectivity index (χ0) is 18.3. The van der Waals surface area contributed by atoms with Gasteiger partial charge in [0, 0.05) is 12.6 Å². The van der Waals surface area contributed by atoms with Crippen LogP contribution in [0.1, 0.15) is 43.1 Å². The first kappa shape index (κ1) is 16.6. The molecule has 2 saturated carbocycles. The van der Waals surface area contributed by atoms with Crippen LogP contribution in [0.2, 0.25) is 4.34 Å². The number of thiophene rings is 1. The molecule has 5 rings (SSSR count). The molecule has 0 atom stereocenters. The van der Waals surface area contributed by atoms with E-state index in [1.165, 1.54) is 11.3 Å². The number of fused-ring (bicyclic) bond motifs is 4. The Bertz CT molecular complexity index is 935. The van der Waals surface area contributed by atoms with Gasteiger partial charge in [-0.2, -0.15) is 0 Å². The number of aromatic nitrogens is 1. The second kappa shape index (κ2) is 5.24. The van der Waals surface area contributed by atoms with Gasteiger partial charge in [0.25, 0.3) is 5.91 Å². The fourth-order valence-electron chi connectivity index (χ4n) is 4.49. The van der Waals surface area contributed by atoms with E-state index in [0.717, 1.165) is 27.4 Å². The number of carbonyl (C=O) groups is 2. The maximum Gasteiger partial charge on any atom is 0.271 e. The third-order valence-electron chi connectivity index (χ3n) is 5.82. The van der Waals surface area contributed by atoms with Gasteiger partial charge in [0.15, 0.2) is 0 Å². The Morgan fingerprint density at radius 2 is 2.15 bits per heavy atom. The Hall–Kier alpha value is -1.57. The van der Waals surface area contributed by atoms with E-state index in [2.05, 4.69) is 9.88 Å². The number of carbonyl (C=O) groups excluding carboxylic acids is 2. The molecular weight excluding hydrogens is 374 g/mol. The number of nitrogens with one attached hydrogen (secondary N) is 1. The molecule has 2 fully saturated rings. The normalized spacial score (nSPS) is 29.0. The fourth-order valence-corrected chi connectivity index (χ4v) is 5.65. The third kappa shape index (κ3) is 2.48. The maximum absolute atomic E-state index is 12.9. The molecule has 2 aromatic heterocycles. The Morgan fingerprint density at radius 1 is 1.42 bits per heavy atom. The zero-order valence-corrected chi connectivity index (χ0v) is 16.0. The van der Waals surface area contributed by atoms with Crippen molar-refractivity contribution in [1.29, 1.82) is 0 Å². The monoisotopic (exact) mass is 393 g/mol. The van der Waals surface area contributed by atoms with Crippen LogP contribution in [0.5, 0.6) is 0 Å². The molecular formula is C18H20ClN3O3S. The molecule has 8 heteroatoms. The molecule has 3 aliphatic rings. The summed E-state index contributed by atoms with van der Waals surface area (Å²) in [6.07, 6.45) is 3.15. The molecule has 3 heterocycles. The molecule has 2 aromatic rings. The summed E-state index contributed by atoms with van der Waals surface area (Å²) >= 11 is 7.62. The highest BCUT2D eigenvalue weighted by Crippen LogP contribution is 2.51. The maximum atomic E-state index is 12.9. The number of hydrogen-bond acceptors (Lipinski definition) is 4. The molecule has 0 unspecified atom stereocenters. The molecule has 0 bridgehead atoms. The molecule has 0 saturated heterocycles. The van der Waals surface area contributed by atoms with Gasteiger partial charge < -0.3 is 19.9 Å². The Labute approximate surface area is 159 Å². The standard InChI is InChI=1S/C18H20ClN3O3S/c1-17(25)6-10(7-17)20-15(23)8-21-9-18(2-3-18)22-11-5-14(19)26-13(11)4-12(22)16(21)24/h4-5,10,25H,2-3,6-9H2,1H3,(H,20,23). The molecule has 26 heavy (non-hydrogen) atoms. The van der Waals surface area contributed by atoms with Crippen LogP contribution in [0.25, 0.3) is 10.2 Å². The first-order chi connectivity index (χ1) is 12.3. The lowest BCUT2D eigenvalue weighted by Crippen LogP contribution is -2.56. The van der Waals surface area contributed by atoms with Crippen molar-refractivity contribution < 1.29 is 14.7 Å². The first-order valence-corrected chi connectivity index (χ1v) is 10.1. The highest BCUT2D eigenvalue weighted by atomic mass is 35.5. The number of rotatable bonds is 3. The summed E-state index contributed by atoms with van der Waals surface area (Å²) in [6.45, 7) is 2.40. The highest BCUT2D eigenvalue weighted by molar-refractivity contribution is 7.22. The fraction of sp³-hybridized carbons (Fsp3) is 0.556. The number of amides is 2. The molecule has 2 aliphatic carbocycles. The topological polar surface area (TPSA) is 74.6 Å². The Balaban J connectivity index is 1.36. The van der Waals surface area contributed by atoms with Crippen LogP contribution in [-0.4, -0.2) is 51.1 Å². The van der Waals surface area contributed by atoms with E-state index < -0.39 is 5.60 Å². The predicted octanol–water partition coefficient (Wildman–Crippen LogP) is 2.33. The summed E-state index contributed by atoms with van der Waals surface area (Å²) in [5.41, 5.74) is 0.924. The van der Waals surface area contributed by atoms with Gasteiger partial charge in [-0.05, 0) is 44.7 Å². The van der Waals surface area contributed by atoms with Crippen molar-refractivity contribution in [3.63, 3.8) is 0 Å². The van der Waals surface area contributed by atoms with Crippen molar-refractivity contribution in [2.45, 2.75) is 49.8 Å². The second-order valence-corrected chi connectivity index (χ2v) is 9.94.